The Morgan fingerprint density at radius 3 is 2.50 bits per heavy atom. The van der Waals surface area contributed by atoms with E-state index >= 15 is 0 Å². The van der Waals surface area contributed by atoms with E-state index in [9.17, 15) is 0 Å². The summed E-state index contributed by atoms with van der Waals surface area (Å²) >= 11 is 8.09. The first-order chi connectivity index (χ1) is 10.4. The molecule has 4 heteroatoms. The van der Waals surface area contributed by atoms with Crippen LogP contribution in [0.4, 0.5) is 0 Å². The number of rotatable bonds is 2. The van der Waals surface area contributed by atoms with Gasteiger partial charge in [-0.25, -0.2) is 0 Å². The molecule has 0 radical (unpaired) electrons. The first kappa shape index (κ1) is 15.9. The van der Waals surface area contributed by atoms with Crippen molar-refractivity contribution in [2.24, 2.45) is 23.2 Å². The molecule has 2 nitrogen and oxygen atoms in total. The summed E-state index contributed by atoms with van der Waals surface area (Å²) in [5.41, 5.74) is 0.415. The molecule has 1 saturated carbocycles. The van der Waals surface area contributed by atoms with E-state index in [1.54, 1.807) is 0 Å². The van der Waals surface area contributed by atoms with Crippen LogP contribution in [0, 0.1) is 23.2 Å². The summed E-state index contributed by atoms with van der Waals surface area (Å²) in [6.07, 6.45) is 6.88. The second kappa shape index (κ2) is 5.44. The molecule has 0 aromatic rings. The molecule has 0 N–H and O–H groups in total. The molecule has 5 aliphatic heterocycles. The van der Waals surface area contributed by atoms with E-state index in [-0.39, 0.29) is 4.87 Å². The first-order valence-corrected chi connectivity index (χ1v) is 10.3. The van der Waals surface area contributed by atoms with Crippen LogP contribution in [0.1, 0.15) is 46.0 Å². The lowest BCUT2D eigenvalue weighted by molar-refractivity contribution is -0.125. The Morgan fingerprint density at radius 1 is 1.14 bits per heavy atom. The van der Waals surface area contributed by atoms with Gasteiger partial charge < -0.3 is 4.90 Å². The Hall–Kier alpha value is 0.360. The highest BCUT2D eigenvalue weighted by Gasteiger charge is 2.65. The molecule has 6 fully saturated rings. The average Bonchev–Trinajstić information content (AvgIpc) is 2.82. The maximum atomic E-state index is 6.01. The van der Waals surface area contributed by atoms with Gasteiger partial charge in [0, 0.05) is 12.5 Å². The van der Waals surface area contributed by atoms with Gasteiger partial charge in [0.15, 0.2) is 0 Å². The van der Waals surface area contributed by atoms with Crippen LogP contribution in [0.3, 0.4) is 0 Å². The maximum absolute atomic E-state index is 6.01. The number of thioether (sulfide) groups is 1. The van der Waals surface area contributed by atoms with Gasteiger partial charge in [0.2, 0.25) is 0 Å². The number of piperidine rings is 3. The van der Waals surface area contributed by atoms with E-state index in [0.29, 0.717) is 11.3 Å². The first-order valence-electron chi connectivity index (χ1n) is 9.09. The highest BCUT2D eigenvalue weighted by Crippen LogP contribution is 2.66. The molecule has 3 unspecified atom stereocenters. The van der Waals surface area contributed by atoms with E-state index in [4.69, 9.17) is 12.2 Å². The Bertz CT molecular complexity index is 456. The number of fused-ring (bicyclic) bond motifs is 6. The lowest BCUT2D eigenvalue weighted by Gasteiger charge is -2.69. The lowest BCUT2D eigenvalue weighted by atomic mass is 9.54. The fourth-order valence-corrected chi connectivity index (χ4v) is 7.76. The minimum Gasteiger partial charge on any atom is -0.303 e. The number of thiocarbonyl (C=S) groups is 1. The van der Waals surface area contributed by atoms with Crippen LogP contribution in [-0.2, 0) is 0 Å². The van der Waals surface area contributed by atoms with Crippen molar-refractivity contribution in [2.45, 2.75) is 50.8 Å². The summed E-state index contributed by atoms with van der Waals surface area (Å²) in [7, 11) is 2.33. The summed E-state index contributed by atoms with van der Waals surface area (Å²) in [5, 5.41) is 0. The SMILES string of the molecule is CN1CCC2CC1(SC(=S)C1CC3CCN(CC3)C1)C2(C)C. The van der Waals surface area contributed by atoms with Crippen molar-refractivity contribution in [1.82, 2.24) is 9.80 Å². The van der Waals surface area contributed by atoms with Crippen molar-refractivity contribution in [3.63, 3.8) is 0 Å². The van der Waals surface area contributed by atoms with Gasteiger partial charge in [-0.3, -0.25) is 4.90 Å². The zero-order valence-corrected chi connectivity index (χ0v) is 15.9. The molecule has 5 heterocycles. The quantitative estimate of drug-likeness (QED) is 0.705. The summed E-state index contributed by atoms with van der Waals surface area (Å²) in [6, 6.07) is 0. The lowest BCUT2D eigenvalue weighted by Crippen LogP contribution is -2.71. The van der Waals surface area contributed by atoms with E-state index in [0.717, 1.165) is 11.8 Å². The van der Waals surface area contributed by atoms with Crippen molar-refractivity contribution in [2.75, 3.05) is 33.2 Å². The topological polar surface area (TPSA) is 6.48 Å². The third kappa shape index (κ3) is 2.24. The van der Waals surface area contributed by atoms with Gasteiger partial charge in [0.1, 0.15) is 0 Å². The van der Waals surface area contributed by atoms with Crippen molar-refractivity contribution in [1.29, 1.82) is 0 Å². The van der Waals surface area contributed by atoms with Gasteiger partial charge in [-0.1, -0.05) is 37.8 Å². The van der Waals surface area contributed by atoms with Gasteiger partial charge in [0.05, 0.1) is 9.07 Å². The largest absolute Gasteiger partial charge is 0.303 e. The zero-order chi connectivity index (χ0) is 15.5. The number of hydrogen-bond donors (Lipinski definition) is 0. The van der Waals surface area contributed by atoms with Crippen molar-refractivity contribution < 1.29 is 0 Å². The van der Waals surface area contributed by atoms with Gasteiger partial charge >= 0.3 is 0 Å². The molecule has 4 bridgehead atoms. The molecular formula is C18H30N2S2. The van der Waals surface area contributed by atoms with Gasteiger partial charge in [-0.15, -0.1) is 0 Å². The molecule has 22 heavy (non-hydrogen) atoms. The van der Waals surface area contributed by atoms with Crippen LogP contribution in [0.15, 0.2) is 0 Å². The number of hydrogen-bond acceptors (Lipinski definition) is 4. The summed E-state index contributed by atoms with van der Waals surface area (Å²) < 4.78 is 1.32. The summed E-state index contributed by atoms with van der Waals surface area (Å²) in [4.78, 5) is 5.57. The molecule has 1 aliphatic carbocycles. The smallest absolute Gasteiger partial charge is 0.0776 e. The zero-order valence-electron chi connectivity index (χ0n) is 14.3. The molecular weight excluding hydrogens is 308 g/mol. The van der Waals surface area contributed by atoms with Crippen molar-refractivity contribution >= 4 is 28.2 Å². The molecule has 0 aromatic carbocycles. The highest BCUT2D eigenvalue weighted by molar-refractivity contribution is 8.24. The molecule has 6 aliphatic rings. The molecule has 124 valence electrons. The van der Waals surface area contributed by atoms with Crippen molar-refractivity contribution in [3.05, 3.63) is 0 Å². The molecule has 5 saturated heterocycles. The van der Waals surface area contributed by atoms with Crippen LogP contribution < -0.4 is 0 Å². The predicted molar refractivity (Wildman–Crippen MR) is 99.3 cm³/mol. The normalized spacial score (nSPS) is 46.9. The number of nitrogens with zero attached hydrogens (tertiary/aromatic N) is 2. The Morgan fingerprint density at radius 2 is 1.86 bits per heavy atom. The van der Waals surface area contributed by atoms with Gasteiger partial charge in [0.25, 0.3) is 0 Å². The molecule has 0 aromatic heterocycles. The summed E-state index contributed by atoms with van der Waals surface area (Å²) in [6.45, 7) is 10.1. The van der Waals surface area contributed by atoms with E-state index in [2.05, 4.69) is 42.5 Å². The minimum absolute atomic E-state index is 0.285. The van der Waals surface area contributed by atoms with Crippen LogP contribution in [0.25, 0.3) is 0 Å². The second-order valence-corrected chi connectivity index (χ2v) is 10.7. The van der Waals surface area contributed by atoms with E-state index < -0.39 is 0 Å². The van der Waals surface area contributed by atoms with Crippen LogP contribution in [0.5, 0.6) is 0 Å². The highest BCUT2D eigenvalue weighted by atomic mass is 32.2. The molecule has 0 spiro atoms. The Balaban J connectivity index is 1.50. The van der Waals surface area contributed by atoms with Crippen LogP contribution >= 0.6 is 24.0 Å². The average molecular weight is 339 g/mol. The van der Waals surface area contributed by atoms with Crippen LogP contribution in [0.2, 0.25) is 0 Å². The third-order valence-corrected chi connectivity index (χ3v) is 9.85. The van der Waals surface area contributed by atoms with Crippen molar-refractivity contribution in [3.8, 4) is 0 Å². The predicted octanol–water partition coefficient (Wildman–Crippen LogP) is 3.86. The monoisotopic (exact) mass is 338 g/mol. The van der Waals surface area contributed by atoms with Crippen LogP contribution in [-0.4, -0.2) is 52.1 Å². The minimum atomic E-state index is 0.285. The molecule has 3 atom stereocenters. The Kier molecular flexibility index (Phi) is 3.92. The summed E-state index contributed by atoms with van der Waals surface area (Å²) in [5.74, 6) is 2.49. The second-order valence-electron chi connectivity index (χ2n) is 8.72. The standard InChI is InChI=1S/C18H30N2S2/c1-17(2)15-6-7-19(3)18(17,11-15)22-16(21)14-10-13-4-8-20(12-14)9-5-13/h13-15H,4-12H2,1-3H3. The Labute approximate surface area is 145 Å². The van der Waals surface area contributed by atoms with Gasteiger partial charge in [-0.2, -0.15) is 0 Å². The maximum Gasteiger partial charge on any atom is 0.0776 e. The van der Waals surface area contributed by atoms with E-state index in [1.807, 2.05) is 0 Å². The molecule has 0 amide bonds. The van der Waals surface area contributed by atoms with Gasteiger partial charge in [-0.05, 0) is 76.0 Å². The molecule has 6 rings (SSSR count). The third-order valence-electron chi connectivity index (χ3n) is 7.39. The van der Waals surface area contributed by atoms with E-state index in [1.165, 1.54) is 62.5 Å². The fraction of sp³-hybridized carbons (Fsp3) is 0.944. The fourth-order valence-electron chi connectivity index (χ4n) is 5.55.